The number of tetrazole rings is 1. The van der Waals surface area contributed by atoms with Gasteiger partial charge in [-0.25, -0.2) is 4.68 Å². The summed E-state index contributed by atoms with van der Waals surface area (Å²) in [4.78, 5) is 12.8. The number of nitrogens with zero attached hydrogens (tertiary/aromatic N) is 4. The third-order valence-corrected chi connectivity index (χ3v) is 4.95. The number of carbonyl (C=O) groups is 1. The third kappa shape index (κ3) is 2.76. The summed E-state index contributed by atoms with van der Waals surface area (Å²) in [6.45, 7) is 0.718. The van der Waals surface area contributed by atoms with Crippen LogP contribution >= 0.6 is 0 Å². The Bertz CT molecular complexity index is 697. The third-order valence-electron chi connectivity index (χ3n) is 4.95. The Labute approximate surface area is 134 Å². The first-order chi connectivity index (χ1) is 11.3. The molecule has 0 radical (unpaired) electrons. The lowest BCUT2D eigenvalue weighted by molar-refractivity contribution is -0.123. The van der Waals surface area contributed by atoms with Crippen molar-refractivity contribution in [2.24, 2.45) is 17.8 Å². The maximum absolute atomic E-state index is 12.8. The van der Waals surface area contributed by atoms with Gasteiger partial charge in [0.05, 0.1) is 0 Å². The second-order valence-electron chi connectivity index (χ2n) is 6.39. The van der Waals surface area contributed by atoms with E-state index >= 15 is 0 Å². The highest BCUT2D eigenvalue weighted by Gasteiger charge is 2.36. The summed E-state index contributed by atoms with van der Waals surface area (Å²) >= 11 is 0. The first-order valence-electron chi connectivity index (χ1n) is 8.04. The number of carbonyl (C=O) groups excluding carboxylic acids is 1. The number of fused-ring (bicyclic) bond motifs is 2. The van der Waals surface area contributed by atoms with Gasteiger partial charge in [-0.2, -0.15) is 0 Å². The van der Waals surface area contributed by atoms with Crippen molar-refractivity contribution in [3.63, 3.8) is 0 Å². The van der Waals surface area contributed by atoms with Crippen LogP contribution in [0.5, 0.6) is 0 Å². The van der Waals surface area contributed by atoms with E-state index in [9.17, 15) is 4.79 Å². The number of nitrogens with one attached hydrogen (secondary N) is 1. The molecule has 1 aromatic heterocycles. The van der Waals surface area contributed by atoms with Crippen molar-refractivity contribution in [1.82, 2.24) is 25.5 Å². The zero-order chi connectivity index (χ0) is 15.6. The van der Waals surface area contributed by atoms with Gasteiger partial charge in [-0.3, -0.25) is 4.79 Å². The molecule has 6 nitrogen and oxygen atoms in total. The van der Waals surface area contributed by atoms with E-state index in [0.717, 1.165) is 12.1 Å². The molecule has 2 bridgehead atoms. The minimum atomic E-state index is -0.527. The highest BCUT2D eigenvalue weighted by molar-refractivity contribution is 5.83. The van der Waals surface area contributed by atoms with Gasteiger partial charge in [-0.1, -0.05) is 42.5 Å². The average molecular weight is 309 g/mol. The fourth-order valence-electron chi connectivity index (χ4n) is 3.80. The Morgan fingerprint density at radius 1 is 1.26 bits per heavy atom. The normalized spacial score (nSPS) is 26.3. The summed E-state index contributed by atoms with van der Waals surface area (Å²) in [5.41, 5.74) is 0.880. The number of benzene rings is 1. The van der Waals surface area contributed by atoms with Gasteiger partial charge >= 0.3 is 0 Å². The molecule has 1 fully saturated rings. The maximum atomic E-state index is 12.8. The predicted molar refractivity (Wildman–Crippen MR) is 84.3 cm³/mol. The number of allylic oxidation sites excluding steroid dienone is 2. The van der Waals surface area contributed by atoms with Crippen LogP contribution in [0.2, 0.25) is 0 Å². The van der Waals surface area contributed by atoms with E-state index in [0.29, 0.717) is 17.8 Å². The molecule has 1 N–H and O–H groups in total. The number of aromatic nitrogens is 4. The minimum absolute atomic E-state index is 0.0600. The van der Waals surface area contributed by atoms with Crippen LogP contribution in [0.15, 0.2) is 48.8 Å². The number of hydrogen-bond donors (Lipinski definition) is 1. The molecule has 0 spiro atoms. The maximum Gasteiger partial charge on any atom is 0.249 e. The van der Waals surface area contributed by atoms with E-state index in [-0.39, 0.29) is 5.91 Å². The molecule has 6 heteroatoms. The van der Waals surface area contributed by atoms with Crippen molar-refractivity contribution in [3.05, 3.63) is 54.4 Å². The molecule has 0 aliphatic heterocycles. The molecule has 1 aromatic carbocycles. The summed E-state index contributed by atoms with van der Waals surface area (Å²) in [7, 11) is 0. The van der Waals surface area contributed by atoms with Crippen LogP contribution in [-0.2, 0) is 4.79 Å². The van der Waals surface area contributed by atoms with Crippen molar-refractivity contribution in [2.75, 3.05) is 6.54 Å². The van der Waals surface area contributed by atoms with E-state index in [1.165, 1.54) is 23.9 Å². The zero-order valence-electron chi connectivity index (χ0n) is 12.7. The molecular formula is C17H19N5O. The largest absolute Gasteiger partial charge is 0.354 e. The molecule has 1 amide bonds. The summed E-state index contributed by atoms with van der Waals surface area (Å²) in [6, 6.07) is 9.08. The summed E-state index contributed by atoms with van der Waals surface area (Å²) in [5, 5.41) is 14.3. The van der Waals surface area contributed by atoms with Crippen LogP contribution in [0.25, 0.3) is 0 Å². The van der Waals surface area contributed by atoms with Crippen molar-refractivity contribution < 1.29 is 4.79 Å². The molecule has 2 aliphatic carbocycles. The molecule has 4 rings (SSSR count). The quantitative estimate of drug-likeness (QED) is 0.851. The lowest BCUT2D eigenvalue weighted by Crippen LogP contribution is -2.37. The van der Waals surface area contributed by atoms with Crippen LogP contribution in [0.1, 0.15) is 24.4 Å². The fraction of sp³-hybridized carbons (Fsp3) is 0.412. The van der Waals surface area contributed by atoms with Gasteiger partial charge in [-0.05, 0) is 46.6 Å². The summed E-state index contributed by atoms with van der Waals surface area (Å²) in [5.74, 6) is 1.84. The molecule has 4 atom stereocenters. The topological polar surface area (TPSA) is 72.7 Å². The van der Waals surface area contributed by atoms with Gasteiger partial charge in [0.25, 0.3) is 0 Å². The molecule has 1 saturated carbocycles. The van der Waals surface area contributed by atoms with Crippen LogP contribution < -0.4 is 5.32 Å². The minimum Gasteiger partial charge on any atom is -0.354 e. The van der Waals surface area contributed by atoms with Crippen molar-refractivity contribution in [3.8, 4) is 0 Å². The van der Waals surface area contributed by atoms with Crippen LogP contribution in [0.3, 0.4) is 0 Å². The SMILES string of the molecule is O=C(NC[C@H]1C[C@@H]2C=C[C@@H]1C2)[C@@H](c1ccccc1)n1cnnn1. The lowest BCUT2D eigenvalue weighted by Gasteiger charge is -2.21. The van der Waals surface area contributed by atoms with Gasteiger partial charge in [0.15, 0.2) is 6.04 Å². The van der Waals surface area contributed by atoms with Crippen LogP contribution in [-0.4, -0.2) is 32.7 Å². The Morgan fingerprint density at radius 3 is 2.78 bits per heavy atom. The molecule has 2 aliphatic rings. The number of rotatable bonds is 5. The van der Waals surface area contributed by atoms with Crippen LogP contribution in [0, 0.1) is 17.8 Å². The van der Waals surface area contributed by atoms with Crippen molar-refractivity contribution >= 4 is 5.91 Å². The molecule has 23 heavy (non-hydrogen) atoms. The van der Waals surface area contributed by atoms with E-state index in [4.69, 9.17) is 0 Å². The molecular weight excluding hydrogens is 290 g/mol. The summed E-state index contributed by atoms with van der Waals surface area (Å²) in [6.07, 6.45) is 8.54. The zero-order valence-corrected chi connectivity index (χ0v) is 12.7. The summed E-state index contributed by atoms with van der Waals surface area (Å²) < 4.78 is 1.51. The Hall–Kier alpha value is -2.50. The van der Waals surface area contributed by atoms with Gasteiger partial charge < -0.3 is 5.32 Å². The molecule has 0 unspecified atom stereocenters. The van der Waals surface area contributed by atoms with Gasteiger partial charge in [-0.15, -0.1) is 5.10 Å². The van der Waals surface area contributed by atoms with Crippen molar-refractivity contribution in [1.29, 1.82) is 0 Å². The molecule has 2 aromatic rings. The van der Waals surface area contributed by atoms with Gasteiger partial charge in [0.1, 0.15) is 6.33 Å². The lowest BCUT2D eigenvalue weighted by atomic mass is 9.93. The smallest absolute Gasteiger partial charge is 0.249 e. The number of hydrogen-bond acceptors (Lipinski definition) is 4. The van der Waals surface area contributed by atoms with Gasteiger partial charge in [0.2, 0.25) is 5.91 Å². The monoisotopic (exact) mass is 309 g/mol. The van der Waals surface area contributed by atoms with E-state index in [2.05, 4.69) is 33.0 Å². The van der Waals surface area contributed by atoms with E-state index in [1.807, 2.05) is 30.3 Å². The highest BCUT2D eigenvalue weighted by atomic mass is 16.2. The van der Waals surface area contributed by atoms with Crippen molar-refractivity contribution in [2.45, 2.75) is 18.9 Å². The van der Waals surface area contributed by atoms with Crippen LogP contribution in [0.4, 0.5) is 0 Å². The molecule has 0 saturated heterocycles. The Kier molecular flexibility index (Phi) is 3.65. The van der Waals surface area contributed by atoms with E-state index < -0.39 is 6.04 Å². The molecule has 118 valence electrons. The second kappa shape index (κ2) is 5.95. The predicted octanol–water partition coefficient (Wildman–Crippen LogP) is 1.59. The first kappa shape index (κ1) is 14.1. The van der Waals surface area contributed by atoms with E-state index in [1.54, 1.807) is 0 Å². The first-order valence-corrected chi connectivity index (χ1v) is 8.04. The Morgan fingerprint density at radius 2 is 2.13 bits per heavy atom. The fourth-order valence-corrected chi connectivity index (χ4v) is 3.80. The Balaban J connectivity index is 1.48. The average Bonchev–Trinajstić information content (AvgIpc) is 3.32. The number of amides is 1. The standard InChI is InChI=1S/C17H19N5O/c23-17(18-10-15-9-12-6-7-14(15)8-12)16(22-11-19-20-21-22)13-4-2-1-3-5-13/h1-7,11-12,14-16H,8-10H2,(H,18,23)/t12-,14-,15-,16-/m1/s1. The molecule has 1 heterocycles. The second-order valence-corrected chi connectivity index (χ2v) is 6.39. The highest BCUT2D eigenvalue weighted by Crippen LogP contribution is 2.43. The van der Waals surface area contributed by atoms with Gasteiger partial charge in [0, 0.05) is 6.54 Å².